The van der Waals surface area contributed by atoms with Crippen LogP contribution in [0.25, 0.3) is 0 Å². The van der Waals surface area contributed by atoms with Gasteiger partial charge in [0.05, 0.1) is 17.8 Å². The van der Waals surface area contributed by atoms with Crippen molar-refractivity contribution in [3.05, 3.63) is 63.5 Å². The van der Waals surface area contributed by atoms with Crippen LogP contribution in [-0.4, -0.2) is 25.5 Å². The average molecular weight is 413 g/mol. The van der Waals surface area contributed by atoms with Gasteiger partial charge in [0, 0.05) is 17.4 Å². The van der Waals surface area contributed by atoms with Gasteiger partial charge in [-0.2, -0.15) is 10.2 Å². The lowest BCUT2D eigenvalue weighted by atomic mass is 10.2. The minimum Gasteiger partial charge on any atom is -0.306 e. The van der Waals surface area contributed by atoms with Crippen molar-refractivity contribution >= 4 is 46.5 Å². The maximum absolute atomic E-state index is 12.6. The van der Waals surface area contributed by atoms with E-state index in [1.807, 2.05) is 31.2 Å². The van der Waals surface area contributed by atoms with Crippen LogP contribution in [0.2, 0.25) is 15.1 Å². The van der Waals surface area contributed by atoms with Crippen LogP contribution in [0, 0.1) is 0 Å². The van der Waals surface area contributed by atoms with Gasteiger partial charge in [0.15, 0.2) is 5.82 Å². The maximum atomic E-state index is 12.6. The number of rotatable bonds is 6. The van der Waals surface area contributed by atoms with E-state index in [4.69, 9.17) is 34.8 Å². The Morgan fingerprint density at radius 2 is 1.88 bits per heavy atom. The number of aromatic nitrogens is 4. The van der Waals surface area contributed by atoms with Crippen LogP contribution in [0.3, 0.4) is 0 Å². The lowest BCUT2D eigenvalue weighted by Crippen LogP contribution is -2.26. The summed E-state index contributed by atoms with van der Waals surface area (Å²) in [4.78, 5) is 12.6. The topological polar surface area (TPSA) is 64.7 Å². The molecule has 1 aromatic carbocycles. The summed E-state index contributed by atoms with van der Waals surface area (Å²) < 4.78 is 3.18. The fourth-order valence-corrected chi connectivity index (χ4v) is 2.98. The molecule has 1 N–H and O–H groups in total. The van der Waals surface area contributed by atoms with Gasteiger partial charge in [-0.15, -0.1) is 0 Å². The van der Waals surface area contributed by atoms with Crippen molar-refractivity contribution in [2.45, 2.75) is 25.9 Å². The van der Waals surface area contributed by atoms with Crippen molar-refractivity contribution in [1.29, 1.82) is 0 Å². The molecule has 0 fully saturated rings. The van der Waals surface area contributed by atoms with Crippen molar-refractivity contribution < 1.29 is 4.79 Å². The molecular weight excluding hydrogens is 397 g/mol. The summed E-state index contributed by atoms with van der Waals surface area (Å²) >= 11 is 18.0. The molecule has 9 heteroatoms. The molecule has 0 spiro atoms. The highest BCUT2D eigenvalue weighted by Crippen LogP contribution is 2.23. The molecule has 0 aliphatic rings. The first-order valence-corrected chi connectivity index (χ1v) is 9.07. The zero-order chi connectivity index (χ0) is 18.7. The number of anilines is 1. The second-order valence-electron chi connectivity index (χ2n) is 5.70. The van der Waals surface area contributed by atoms with E-state index in [9.17, 15) is 4.79 Å². The summed E-state index contributed by atoms with van der Waals surface area (Å²) in [5, 5.41) is 12.7. The van der Waals surface area contributed by atoms with Gasteiger partial charge in [-0.3, -0.25) is 14.2 Å². The molecule has 2 heterocycles. The van der Waals surface area contributed by atoms with Gasteiger partial charge in [-0.1, -0.05) is 53.9 Å². The van der Waals surface area contributed by atoms with Gasteiger partial charge in [0.25, 0.3) is 0 Å². The van der Waals surface area contributed by atoms with Crippen LogP contribution in [-0.2, 0) is 11.3 Å². The van der Waals surface area contributed by atoms with Crippen molar-refractivity contribution in [2.75, 3.05) is 5.32 Å². The molecule has 1 unspecified atom stereocenters. The minimum atomic E-state index is -0.500. The average Bonchev–Trinajstić information content (AvgIpc) is 3.17. The lowest BCUT2D eigenvalue weighted by molar-refractivity contribution is -0.119. The third kappa shape index (κ3) is 4.38. The van der Waals surface area contributed by atoms with E-state index in [0.717, 1.165) is 5.56 Å². The quantitative estimate of drug-likeness (QED) is 0.639. The number of amides is 1. The van der Waals surface area contributed by atoms with Gasteiger partial charge >= 0.3 is 0 Å². The first-order valence-electron chi connectivity index (χ1n) is 7.94. The van der Waals surface area contributed by atoms with Crippen LogP contribution < -0.4 is 5.32 Å². The van der Waals surface area contributed by atoms with Gasteiger partial charge in [-0.25, -0.2) is 0 Å². The number of carbonyl (C=O) groups excluding carboxylic acids is 1. The molecule has 26 heavy (non-hydrogen) atoms. The largest absolute Gasteiger partial charge is 0.306 e. The highest BCUT2D eigenvalue weighted by atomic mass is 35.5. The Labute approximate surface area is 165 Å². The van der Waals surface area contributed by atoms with Gasteiger partial charge in [0.1, 0.15) is 11.1 Å². The molecule has 0 saturated heterocycles. The Balaban J connectivity index is 1.72. The van der Waals surface area contributed by atoms with Crippen molar-refractivity contribution in [3.63, 3.8) is 0 Å². The van der Waals surface area contributed by atoms with E-state index in [0.29, 0.717) is 33.9 Å². The lowest BCUT2D eigenvalue weighted by Gasteiger charge is -2.14. The van der Waals surface area contributed by atoms with Crippen LogP contribution in [0.1, 0.15) is 24.9 Å². The van der Waals surface area contributed by atoms with E-state index in [1.54, 1.807) is 17.1 Å². The summed E-state index contributed by atoms with van der Waals surface area (Å²) in [7, 11) is 0. The van der Waals surface area contributed by atoms with Crippen LogP contribution in [0.4, 0.5) is 5.82 Å². The molecule has 3 aromatic rings. The smallest absolute Gasteiger partial charge is 0.250 e. The first-order chi connectivity index (χ1) is 12.5. The normalized spacial score (nSPS) is 12.2. The van der Waals surface area contributed by atoms with Crippen LogP contribution in [0.5, 0.6) is 0 Å². The van der Waals surface area contributed by atoms with E-state index >= 15 is 0 Å². The van der Waals surface area contributed by atoms with E-state index in [2.05, 4.69) is 15.5 Å². The Morgan fingerprint density at radius 1 is 1.15 bits per heavy atom. The van der Waals surface area contributed by atoms with Crippen molar-refractivity contribution in [3.8, 4) is 0 Å². The molecule has 136 valence electrons. The summed E-state index contributed by atoms with van der Waals surface area (Å²) in [6.07, 6.45) is 5.31. The molecule has 0 bridgehead atoms. The van der Waals surface area contributed by atoms with Crippen LogP contribution >= 0.6 is 34.8 Å². The highest BCUT2D eigenvalue weighted by molar-refractivity contribution is 6.33. The molecule has 1 atom stereocenters. The molecule has 0 radical (unpaired) electrons. The molecule has 0 aliphatic carbocycles. The number of hydrogen-bond acceptors (Lipinski definition) is 3. The molecule has 0 aliphatic heterocycles. The molecule has 2 aromatic heterocycles. The minimum absolute atomic E-state index is 0.258. The summed E-state index contributed by atoms with van der Waals surface area (Å²) in [5.41, 5.74) is 1.02. The number of nitrogens with one attached hydrogen (secondary N) is 1. The fraction of sp³-hybridized carbons (Fsp3) is 0.235. The molecule has 1 amide bonds. The monoisotopic (exact) mass is 411 g/mol. The standard InChI is InChI=1S/C17H16Cl3N5O/c1-2-15(25-9-13(19)7-21-25)17(26)22-16-14(20)10-24(23-16)8-11-3-5-12(18)6-4-11/h3-7,9-10,15H,2,8H2,1H3,(H,22,23,26). The second-order valence-corrected chi connectivity index (χ2v) is 6.98. The number of carbonyl (C=O) groups is 1. The molecule has 6 nitrogen and oxygen atoms in total. The Hall–Kier alpha value is -2.02. The fourth-order valence-electron chi connectivity index (χ4n) is 2.52. The van der Waals surface area contributed by atoms with Gasteiger partial charge < -0.3 is 5.32 Å². The Kier molecular flexibility index (Phi) is 5.86. The Bertz CT molecular complexity index is 904. The highest BCUT2D eigenvalue weighted by Gasteiger charge is 2.21. The molecule has 3 rings (SSSR count). The number of halogens is 3. The van der Waals surface area contributed by atoms with Crippen molar-refractivity contribution in [2.24, 2.45) is 0 Å². The van der Waals surface area contributed by atoms with Gasteiger partial charge in [0.2, 0.25) is 5.91 Å². The third-order valence-electron chi connectivity index (χ3n) is 3.80. The zero-order valence-corrected chi connectivity index (χ0v) is 16.1. The first kappa shape index (κ1) is 18.8. The SMILES string of the molecule is CCC(C(=O)Nc1nn(Cc2ccc(Cl)cc2)cc1Cl)n1cc(Cl)cn1. The second kappa shape index (κ2) is 8.12. The summed E-state index contributed by atoms with van der Waals surface area (Å²) in [6, 6.07) is 6.94. The molecular formula is C17H16Cl3N5O. The number of hydrogen-bond donors (Lipinski definition) is 1. The summed E-state index contributed by atoms with van der Waals surface area (Å²) in [6.45, 7) is 2.40. The van der Waals surface area contributed by atoms with Crippen LogP contribution in [0.15, 0.2) is 42.9 Å². The Morgan fingerprint density at radius 3 is 2.50 bits per heavy atom. The maximum Gasteiger partial charge on any atom is 0.250 e. The van der Waals surface area contributed by atoms with Gasteiger partial charge in [-0.05, 0) is 24.1 Å². The molecule has 0 saturated carbocycles. The summed E-state index contributed by atoms with van der Waals surface area (Å²) in [5.74, 6) is 0.0493. The predicted octanol–water partition coefficient (Wildman–Crippen LogP) is 4.68. The predicted molar refractivity (Wildman–Crippen MR) is 103 cm³/mol. The van der Waals surface area contributed by atoms with E-state index in [-0.39, 0.29) is 5.91 Å². The number of nitrogens with zero attached hydrogens (tertiary/aromatic N) is 4. The van der Waals surface area contributed by atoms with E-state index in [1.165, 1.54) is 10.9 Å². The van der Waals surface area contributed by atoms with E-state index < -0.39 is 6.04 Å². The third-order valence-corrected chi connectivity index (χ3v) is 4.52. The van der Waals surface area contributed by atoms with Crippen molar-refractivity contribution in [1.82, 2.24) is 19.6 Å². The number of benzene rings is 1. The zero-order valence-electron chi connectivity index (χ0n) is 13.9.